The maximum absolute atomic E-state index is 8.91. The van der Waals surface area contributed by atoms with E-state index < -0.39 is 0 Å². The summed E-state index contributed by atoms with van der Waals surface area (Å²) in [5.41, 5.74) is 3.29. The third kappa shape index (κ3) is 1.70. The number of hydrogen-bond acceptors (Lipinski definition) is 3. The Morgan fingerprint density at radius 1 is 1.54 bits per heavy atom. The molecule has 4 heteroatoms. The Bertz CT molecular complexity index is 316. The van der Waals surface area contributed by atoms with Gasteiger partial charge in [0, 0.05) is 16.5 Å². The SMILES string of the molecule is ONC1CCOc2ccc(Br)cc21. The van der Waals surface area contributed by atoms with E-state index in [1.165, 1.54) is 0 Å². The highest BCUT2D eigenvalue weighted by Gasteiger charge is 2.20. The molecule has 1 atom stereocenters. The molecule has 0 radical (unpaired) electrons. The lowest BCUT2D eigenvalue weighted by atomic mass is 10.0. The van der Waals surface area contributed by atoms with Crippen LogP contribution < -0.4 is 10.2 Å². The molecule has 1 aromatic carbocycles. The van der Waals surface area contributed by atoms with E-state index in [0.717, 1.165) is 22.2 Å². The summed E-state index contributed by atoms with van der Waals surface area (Å²) in [4.78, 5) is 0. The topological polar surface area (TPSA) is 41.5 Å². The van der Waals surface area contributed by atoms with Gasteiger partial charge in [0.1, 0.15) is 5.75 Å². The van der Waals surface area contributed by atoms with Gasteiger partial charge in [-0.25, -0.2) is 0 Å². The first-order valence-corrected chi connectivity index (χ1v) is 4.92. The Morgan fingerprint density at radius 2 is 2.38 bits per heavy atom. The molecule has 0 amide bonds. The molecule has 2 rings (SSSR count). The Labute approximate surface area is 84.8 Å². The lowest BCUT2D eigenvalue weighted by Crippen LogP contribution is -2.24. The molecule has 0 saturated carbocycles. The van der Waals surface area contributed by atoms with Gasteiger partial charge in [-0.1, -0.05) is 15.9 Å². The summed E-state index contributed by atoms with van der Waals surface area (Å²) in [5, 5.41) is 8.91. The number of nitrogens with one attached hydrogen (secondary N) is 1. The normalized spacial score (nSPS) is 20.6. The number of hydroxylamine groups is 1. The minimum Gasteiger partial charge on any atom is -0.493 e. The second-order valence-corrected chi connectivity index (χ2v) is 3.92. The van der Waals surface area contributed by atoms with Gasteiger partial charge in [0.05, 0.1) is 12.6 Å². The monoisotopic (exact) mass is 243 g/mol. The molecular formula is C9H10BrNO2. The summed E-state index contributed by atoms with van der Waals surface area (Å²) in [6.07, 6.45) is 0.792. The zero-order chi connectivity index (χ0) is 9.26. The third-order valence-electron chi connectivity index (χ3n) is 2.17. The molecule has 2 N–H and O–H groups in total. The maximum atomic E-state index is 8.91. The van der Waals surface area contributed by atoms with E-state index >= 15 is 0 Å². The van der Waals surface area contributed by atoms with Crippen molar-refractivity contribution in [3.8, 4) is 5.75 Å². The van der Waals surface area contributed by atoms with Crippen LogP contribution in [0.5, 0.6) is 5.75 Å². The summed E-state index contributed by atoms with van der Waals surface area (Å²) in [6.45, 7) is 0.646. The molecule has 1 heterocycles. The van der Waals surface area contributed by atoms with Crippen LogP contribution in [0, 0.1) is 0 Å². The molecule has 1 aliphatic heterocycles. The Morgan fingerprint density at radius 3 is 3.15 bits per heavy atom. The van der Waals surface area contributed by atoms with Crippen molar-refractivity contribution in [3.63, 3.8) is 0 Å². The van der Waals surface area contributed by atoms with Crippen LogP contribution in [0.2, 0.25) is 0 Å². The van der Waals surface area contributed by atoms with E-state index in [2.05, 4.69) is 21.4 Å². The number of halogens is 1. The summed E-state index contributed by atoms with van der Waals surface area (Å²) >= 11 is 3.38. The summed E-state index contributed by atoms with van der Waals surface area (Å²) in [5.74, 6) is 0.848. The van der Waals surface area contributed by atoms with Gasteiger partial charge >= 0.3 is 0 Å². The fourth-order valence-electron chi connectivity index (χ4n) is 1.50. The van der Waals surface area contributed by atoms with Gasteiger partial charge in [0.25, 0.3) is 0 Å². The molecule has 70 valence electrons. The van der Waals surface area contributed by atoms with Gasteiger partial charge in [-0.05, 0) is 18.2 Å². The van der Waals surface area contributed by atoms with Crippen LogP contribution in [0.25, 0.3) is 0 Å². The lowest BCUT2D eigenvalue weighted by molar-refractivity contribution is 0.101. The van der Waals surface area contributed by atoms with Crippen molar-refractivity contribution in [3.05, 3.63) is 28.2 Å². The highest BCUT2D eigenvalue weighted by molar-refractivity contribution is 9.10. The molecule has 1 unspecified atom stereocenters. The van der Waals surface area contributed by atoms with Gasteiger partial charge in [-0.2, -0.15) is 5.48 Å². The zero-order valence-corrected chi connectivity index (χ0v) is 8.54. The average molecular weight is 244 g/mol. The lowest BCUT2D eigenvalue weighted by Gasteiger charge is -2.24. The van der Waals surface area contributed by atoms with Crippen molar-refractivity contribution in [2.24, 2.45) is 0 Å². The number of fused-ring (bicyclic) bond motifs is 1. The molecule has 13 heavy (non-hydrogen) atoms. The fourth-order valence-corrected chi connectivity index (χ4v) is 1.88. The molecule has 3 nitrogen and oxygen atoms in total. The average Bonchev–Trinajstić information content (AvgIpc) is 2.17. The van der Waals surface area contributed by atoms with Gasteiger partial charge in [-0.3, -0.25) is 0 Å². The quantitative estimate of drug-likeness (QED) is 0.744. The molecule has 0 aromatic heterocycles. The number of hydrogen-bond donors (Lipinski definition) is 2. The van der Waals surface area contributed by atoms with Crippen molar-refractivity contribution in [1.29, 1.82) is 0 Å². The van der Waals surface area contributed by atoms with Crippen LogP contribution in [0.1, 0.15) is 18.0 Å². The van der Waals surface area contributed by atoms with Crippen LogP contribution in [-0.4, -0.2) is 11.8 Å². The number of rotatable bonds is 1. The van der Waals surface area contributed by atoms with E-state index in [1.807, 2.05) is 18.2 Å². The van der Waals surface area contributed by atoms with Crippen molar-refractivity contribution < 1.29 is 9.94 Å². The van der Waals surface area contributed by atoms with Crippen LogP contribution in [0.3, 0.4) is 0 Å². The molecule has 0 aliphatic carbocycles. The zero-order valence-electron chi connectivity index (χ0n) is 6.96. The van der Waals surface area contributed by atoms with E-state index in [1.54, 1.807) is 0 Å². The van der Waals surface area contributed by atoms with Crippen LogP contribution >= 0.6 is 15.9 Å². The standard InChI is InChI=1S/C9H10BrNO2/c10-6-1-2-9-7(5-6)8(11-12)3-4-13-9/h1-2,5,8,11-12H,3-4H2. The van der Waals surface area contributed by atoms with Gasteiger partial charge in [0.15, 0.2) is 0 Å². The summed E-state index contributed by atoms with van der Waals surface area (Å²) in [6, 6.07) is 5.78. The smallest absolute Gasteiger partial charge is 0.124 e. The predicted octanol–water partition coefficient (Wildman–Crippen LogP) is 2.25. The van der Waals surface area contributed by atoms with E-state index in [-0.39, 0.29) is 6.04 Å². The van der Waals surface area contributed by atoms with Crippen LogP contribution in [0.15, 0.2) is 22.7 Å². The van der Waals surface area contributed by atoms with Gasteiger partial charge < -0.3 is 9.94 Å². The molecule has 0 fully saturated rings. The van der Waals surface area contributed by atoms with Crippen LogP contribution in [-0.2, 0) is 0 Å². The third-order valence-corrected chi connectivity index (χ3v) is 2.66. The Hall–Kier alpha value is -0.580. The fraction of sp³-hybridized carbons (Fsp3) is 0.333. The van der Waals surface area contributed by atoms with Gasteiger partial charge in [-0.15, -0.1) is 0 Å². The molecule has 0 bridgehead atoms. The molecule has 1 aromatic rings. The molecule has 1 aliphatic rings. The first-order chi connectivity index (χ1) is 6.31. The predicted molar refractivity (Wildman–Crippen MR) is 51.9 cm³/mol. The molecular weight excluding hydrogens is 234 g/mol. The van der Waals surface area contributed by atoms with E-state index in [0.29, 0.717) is 6.61 Å². The van der Waals surface area contributed by atoms with Crippen LogP contribution in [0.4, 0.5) is 0 Å². The van der Waals surface area contributed by atoms with E-state index in [9.17, 15) is 0 Å². The first kappa shape index (κ1) is 8.99. The minimum atomic E-state index is -0.0127. The van der Waals surface area contributed by atoms with Crippen molar-refractivity contribution in [2.75, 3.05) is 6.61 Å². The highest BCUT2D eigenvalue weighted by atomic mass is 79.9. The highest BCUT2D eigenvalue weighted by Crippen LogP contribution is 2.33. The molecule has 0 saturated heterocycles. The number of benzene rings is 1. The maximum Gasteiger partial charge on any atom is 0.124 e. The van der Waals surface area contributed by atoms with E-state index in [4.69, 9.17) is 9.94 Å². The second kappa shape index (κ2) is 3.65. The molecule has 0 spiro atoms. The van der Waals surface area contributed by atoms with Gasteiger partial charge in [0.2, 0.25) is 0 Å². The summed E-state index contributed by atoms with van der Waals surface area (Å²) < 4.78 is 6.44. The van der Waals surface area contributed by atoms with Crippen molar-refractivity contribution in [1.82, 2.24) is 5.48 Å². The first-order valence-electron chi connectivity index (χ1n) is 4.13. The second-order valence-electron chi connectivity index (χ2n) is 3.00. The largest absolute Gasteiger partial charge is 0.493 e. The Balaban J connectivity index is 2.41. The van der Waals surface area contributed by atoms with Crippen molar-refractivity contribution >= 4 is 15.9 Å². The Kier molecular flexibility index (Phi) is 2.53. The number of ether oxygens (including phenoxy) is 1. The summed E-state index contributed by atoms with van der Waals surface area (Å²) in [7, 11) is 0. The van der Waals surface area contributed by atoms with Crippen molar-refractivity contribution in [2.45, 2.75) is 12.5 Å². The minimum absolute atomic E-state index is 0.0127.